The smallest absolute Gasteiger partial charge is 0.316 e. The van der Waals surface area contributed by atoms with Crippen LogP contribution in [0.25, 0.3) is 11.0 Å². The van der Waals surface area contributed by atoms with Gasteiger partial charge in [-0.25, -0.2) is 13.8 Å². The minimum Gasteiger partial charge on any atom is -0.455 e. The molecule has 174 valence electrons. The number of carbonyl (C=O) groups is 2. The molecule has 0 atom stereocenters. The van der Waals surface area contributed by atoms with Gasteiger partial charge in [0, 0.05) is 6.07 Å². The van der Waals surface area contributed by atoms with Crippen molar-refractivity contribution in [1.82, 2.24) is 9.55 Å². The molecule has 4 rings (SSSR count). The number of amides is 1. The monoisotopic (exact) mass is 481 g/mol. The van der Waals surface area contributed by atoms with Gasteiger partial charge in [-0.05, 0) is 42.3 Å². The standard InChI is InChI=1S/C25H21F2N3O3S/c1-16-6-2-3-7-17(16)13-30-22-9-5-4-8-20(22)29-25(30)34-15-24(32)33-14-23(31)28-21-12-18(26)10-11-19(21)27/h2-12H,13-15H2,1H3,(H,28,31). The van der Waals surface area contributed by atoms with Crippen LogP contribution in [0.2, 0.25) is 0 Å². The summed E-state index contributed by atoms with van der Waals surface area (Å²) < 4.78 is 33.9. The molecule has 0 radical (unpaired) electrons. The minimum atomic E-state index is -0.788. The lowest BCUT2D eigenvalue weighted by atomic mass is 10.1. The molecule has 9 heteroatoms. The fourth-order valence-corrected chi connectivity index (χ4v) is 4.18. The zero-order valence-electron chi connectivity index (χ0n) is 18.3. The highest BCUT2D eigenvalue weighted by Gasteiger charge is 2.16. The van der Waals surface area contributed by atoms with Gasteiger partial charge in [-0.15, -0.1) is 0 Å². The molecule has 1 amide bonds. The molecule has 0 saturated carbocycles. The third kappa shape index (κ3) is 5.60. The Labute approximate surface area is 198 Å². The van der Waals surface area contributed by atoms with Crippen LogP contribution in [0.15, 0.2) is 71.9 Å². The first-order valence-corrected chi connectivity index (χ1v) is 11.4. The van der Waals surface area contributed by atoms with Gasteiger partial charge in [-0.2, -0.15) is 0 Å². The first kappa shape index (κ1) is 23.4. The van der Waals surface area contributed by atoms with Crippen LogP contribution in [0.5, 0.6) is 0 Å². The highest BCUT2D eigenvalue weighted by atomic mass is 32.2. The predicted octanol–water partition coefficient (Wildman–Crippen LogP) is 4.95. The van der Waals surface area contributed by atoms with Crippen LogP contribution in [-0.4, -0.2) is 33.8 Å². The number of para-hydroxylation sites is 2. The highest BCUT2D eigenvalue weighted by Crippen LogP contribution is 2.26. The van der Waals surface area contributed by atoms with Gasteiger partial charge in [0.1, 0.15) is 11.6 Å². The van der Waals surface area contributed by atoms with Crippen LogP contribution in [0.4, 0.5) is 14.5 Å². The number of carbonyl (C=O) groups excluding carboxylic acids is 2. The van der Waals surface area contributed by atoms with Gasteiger partial charge in [0.15, 0.2) is 11.8 Å². The van der Waals surface area contributed by atoms with Gasteiger partial charge >= 0.3 is 5.97 Å². The first-order chi connectivity index (χ1) is 16.4. The van der Waals surface area contributed by atoms with Crippen molar-refractivity contribution in [3.63, 3.8) is 0 Å². The molecular weight excluding hydrogens is 460 g/mol. The van der Waals surface area contributed by atoms with Crippen LogP contribution >= 0.6 is 11.8 Å². The third-order valence-corrected chi connectivity index (χ3v) is 6.05. The summed E-state index contributed by atoms with van der Waals surface area (Å²) in [5.41, 5.74) is 3.72. The molecule has 1 aromatic heterocycles. The molecule has 0 fully saturated rings. The summed E-state index contributed by atoms with van der Waals surface area (Å²) in [6, 6.07) is 18.4. The highest BCUT2D eigenvalue weighted by molar-refractivity contribution is 7.99. The molecule has 6 nitrogen and oxygen atoms in total. The molecule has 3 aromatic carbocycles. The van der Waals surface area contributed by atoms with E-state index in [0.717, 1.165) is 40.4 Å². The maximum absolute atomic E-state index is 13.6. The minimum absolute atomic E-state index is 0.0707. The summed E-state index contributed by atoms with van der Waals surface area (Å²) in [5, 5.41) is 2.83. The number of aryl methyl sites for hydroxylation is 1. The lowest BCUT2D eigenvalue weighted by Gasteiger charge is -2.11. The van der Waals surface area contributed by atoms with E-state index >= 15 is 0 Å². The normalized spacial score (nSPS) is 10.9. The van der Waals surface area contributed by atoms with Crippen LogP contribution in [-0.2, 0) is 20.9 Å². The average molecular weight is 482 g/mol. The zero-order chi connectivity index (χ0) is 24.1. The molecule has 0 bridgehead atoms. The Morgan fingerprint density at radius 1 is 1.06 bits per heavy atom. The van der Waals surface area contributed by atoms with Crippen molar-refractivity contribution >= 4 is 40.4 Å². The van der Waals surface area contributed by atoms with Crippen LogP contribution in [0.3, 0.4) is 0 Å². The summed E-state index contributed by atoms with van der Waals surface area (Å²) >= 11 is 1.20. The number of nitrogens with one attached hydrogen (secondary N) is 1. The van der Waals surface area contributed by atoms with Crippen LogP contribution < -0.4 is 5.32 Å². The van der Waals surface area contributed by atoms with E-state index in [0.29, 0.717) is 11.7 Å². The van der Waals surface area contributed by atoms with E-state index < -0.39 is 30.1 Å². The van der Waals surface area contributed by atoms with Gasteiger partial charge in [0.2, 0.25) is 0 Å². The van der Waals surface area contributed by atoms with Gasteiger partial charge in [0.25, 0.3) is 5.91 Å². The first-order valence-electron chi connectivity index (χ1n) is 10.4. The number of ether oxygens (including phenoxy) is 1. The van der Waals surface area contributed by atoms with Crippen molar-refractivity contribution in [3.05, 3.63) is 89.5 Å². The third-order valence-electron chi connectivity index (χ3n) is 5.10. The maximum Gasteiger partial charge on any atom is 0.316 e. The molecule has 34 heavy (non-hydrogen) atoms. The summed E-state index contributed by atoms with van der Waals surface area (Å²) in [4.78, 5) is 28.8. The van der Waals surface area contributed by atoms with Gasteiger partial charge in [0.05, 0.1) is 29.0 Å². The average Bonchev–Trinajstić information content (AvgIpc) is 3.17. The largest absolute Gasteiger partial charge is 0.455 e. The van der Waals surface area contributed by atoms with Crippen molar-refractivity contribution in [2.75, 3.05) is 17.7 Å². The number of aromatic nitrogens is 2. The number of benzene rings is 3. The second kappa shape index (κ2) is 10.5. The summed E-state index contributed by atoms with van der Waals surface area (Å²) in [6.45, 7) is 2.01. The molecule has 0 unspecified atom stereocenters. The van der Waals surface area contributed by atoms with Gasteiger partial charge in [-0.1, -0.05) is 48.2 Å². The Bertz CT molecular complexity index is 1360. The molecule has 0 aliphatic rings. The molecular formula is C25H21F2N3O3S. The number of thioether (sulfide) groups is 1. The van der Waals surface area contributed by atoms with Crippen LogP contribution in [0, 0.1) is 18.6 Å². The predicted molar refractivity (Wildman–Crippen MR) is 127 cm³/mol. The number of hydrogen-bond donors (Lipinski definition) is 1. The summed E-state index contributed by atoms with van der Waals surface area (Å²) in [5.74, 6) is -2.95. The Kier molecular flexibility index (Phi) is 7.22. The molecule has 0 saturated heterocycles. The van der Waals surface area contributed by atoms with Crippen molar-refractivity contribution in [2.24, 2.45) is 0 Å². The fraction of sp³-hybridized carbons (Fsp3) is 0.160. The SMILES string of the molecule is Cc1ccccc1Cn1c(SCC(=O)OCC(=O)Nc2cc(F)ccc2F)nc2ccccc21. The number of imidazole rings is 1. The summed E-state index contributed by atoms with van der Waals surface area (Å²) in [7, 11) is 0. The number of hydrogen-bond acceptors (Lipinski definition) is 5. The van der Waals surface area contributed by atoms with E-state index in [2.05, 4.69) is 10.3 Å². The number of anilines is 1. The van der Waals surface area contributed by atoms with E-state index in [1.165, 1.54) is 11.8 Å². The van der Waals surface area contributed by atoms with Gasteiger partial charge in [-0.3, -0.25) is 9.59 Å². The van der Waals surface area contributed by atoms with E-state index in [1.807, 2.05) is 60.0 Å². The van der Waals surface area contributed by atoms with Crippen molar-refractivity contribution in [1.29, 1.82) is 0 Å². The molecule has 0 aliphatic heterocycles. The Hall–Kier alpha value is -3.72. The number of halogens is 2. The van der Waals surface area contributed by atoms with E-state index in [-0.39, 0.29) is 11.4 Å². The summed E-state index contributed by atoms with van der Waals surface area (Å²) in [6.07, 6.45) is 0. The Balaban J connectivity index is 1.39. The number of esters is 1. The second-order valence-electron chi connectivity index (χ2n) is 7.52. The lowest BCUT2D eigenvalue weighted by molar-refractivity contribution is -0.144. The zero-order valence-corrected chi connectivity index (χ0v) is 19.1. The topological polar surface area (TPSA) is 73.2 Å². The van der Waals surface area contributed by atoms with E-state index in [1.54, 1.807) is 0 Å². The molecule has 0 aliphatic carbocycles. The quantitative estimate of drug-likeness (QED) is 0.285. The van der Waals surface area contributed by atoms with E-state index in [9.17, 15) is 18.4 Å². The maximum atomic E-state index is 13.6. The van der Waals surface area contributed by atoms with Crippen molar-refractivity contribution in [2.45, 2.75) is 18.6 Å². The van der Waals surface area contributed by atoms with Crippen LogP contribution in [0.1, 0.15) is 11.1 Å². The molecule has 0 spiro atoms. The second-order valence-corrected chi connectivity index (χ2v) is 8.46. The Morgan fingerprint density at radius 2 is 1.82 bits per heavy atom. The number of rotatable bonds is 8. The number of nitrogens with zero attached hydrogens (tertiary/aromatic N) is 2. The molecule has 1 heterocycles. The lowest BCUT2D eigenvalue weighted by Crippen LogP contribution is -2.22. The van der Waals surface area contributed by atoms with Crippen molar-refractivity contribution in [3.8, 4) is 0 Å². The Morgan fingerprint density at radius 3 is 2.65 bits per heavy atom. The molecule has 1 N–H and O–H groups in total. The fourth-order valence-electron chi connectivity index (χ4n) is 3.36. The van der Waals surface area contributed by atoms with Crippen molar-refractivity contribution < 1.29 is 23.1 Å². The van der Waals surface area contributed by atoms with Gasteiger partial charge < -0.3 is 14.6 Å². The number of fused-ring (bicyclic) bond motifs is 1. The molecule has 4 aromatic rings. The van der Waals surface area contributed by atoms with E-state index in [4.69, 9.17) is 4.74 Å².